The Morgan fingerprint density at radius 3 is 2.57 bits per heavy atom. The minimum Gasteiger partial charge on any atom is -0.390 e. The number of allylic oxidation sites excluding steroid dienone is 3. The summed E-state index contributed by atoms with van der Waals surface area (Å²) in [6, 6.07) is 0. The van der Waals surface area contributed by atoms with E-state index in [1.165, 1.54) is 0 Å². The number of hydrogen-bond acceptors (Lipinski definition) is 3. The van der Waals surface area contributed by atoms with Crippen LogP contribution in [0.25, 0.3) is 0 Å². The highest BCUT2D eigenvalue weighted by Gasteiger charge is 2.63. The Morgan fingerprint density at radius 1 is 1.13 bits per heavy atom. The summed E-state index contributed by atoms with van der Waals surface area (Å²) < 4.78 is 0. The Hall–Kier alpha value is -0.930. The zero-order valence-corrected chi connectivity index (χ0v) is 14.4. The Balaban J connectivity index is 1.75. The van der Waals surface area contributed by atoms with Gasteiger partial charge in [-0.25, -0.2) is 0 Å². The quantitative estimate of drug-likeness (QED) is 0.722. The van der Waals surface area contributed by atoms with Crippen LogP contribution in [0.1, 0.15) is 52.9 Å². The fourth-order valence-electron chi connectivity index (χ4n) is 6.49. The van der Waals surface area contributed by atoms with Crippen LogP contribution in [0.3, 0.4) is 0 Å². The Morgan fingerprint density at radius 2 is 1.83 bits per heavy atom. The average Bonchev–Trinajstić information content (AvgIpc) is 2.72. The third-order valence-electron chi connectivity index (χ3n) is 8.14. The summed E-state index contributed by atoms with van der Waals surface area (Å²) in [7, 11) is 0. The molecule has 3 heteroatoms. The van der Waals surface area contributed by atoms with E-state index in [4.69, 9.17) is 0 Å². The minimum absolute atomic E-state index is 0.000535. The average molecular weight is 316 g/mol. The lowest BCUT2D eigenvalue weighted by atomic mass is 9.47. The molecule has 0 aliphatic heterocycles. The molecule has 3 saturated carbocycles. The van der Waals surface area contributed by atoms with Gasteiger partial charge in [-0.1, -0.05) is 19.9 Å². The first-order valence-electron chi connectivity index (χ1n) is 9.05. The highest BCUT2D eigenvalue weighted by molar-refractivity contribution is 6.01. The summed E-state index contributed by atoms with van der Waals surface area (Å²) in [4.78, 5) is 11.8. The SMILES string of the molecule is C[C@]12C=CC(=O)C=C1C(O)C[C@@H]1[C@@H]2CC[C@@]2(C)[C@H]1CC[C@]2(C)O. The van der Waals surface area contributed by atoms with Crippen molar-refractivity contribution in [3.63, 3.8) is 0 Å². The van der Waals surface area contributed by atoms with Gasteiger partial charge in [-0.2, -0.15) is 0 Å². The summed E-state index contributed by atoms with van der Waals surface area (Å²) in [5.41, 5.74) is 0.0777. The first-order valence-corrected chi connectivity index (χ1v) is 9.05. The molecule has 7 atom stereocenters. The normalized spacial score (nSPS) is 55.0. The fraction of sp³-hybridized carbons (Fsp3) is 0.750. The lowest BCUT2D eigenvalue weighted by Crippen LogP contribution is -2.55. The van der Waals surface area contributed by atoms with Crippen molar-refractivity contribution in [1.82, 2.24) is 0 Å². The van der Waals surface area contributed by atoms with E-state index in [1.54, 1.807) is 12.2 Å². The van der Waals surface area contributed by atoms with Crippen molar-refractivity contribution < 1.29 is 15.0 Å². The van der Waals surface area contributed by atoms with Crippen molar-refractivity contribution in [1.29, 1.82) is 0 Å². The molecule has 0 bridgehead atoms. The van der Waals surface area contributed by atoms with E-state index in [2.05, 4.69) is 13.8 Å². The van der Waals surface area contributed by atoms with Gasteiger partial charge in [-0.05, 0) is 79.9 Å². The molecule has 3 nitrogen and oxygen atoms in total. The summed E-state index contributed by atoms with van der Waals surface area (Å²) in [6.07, 6.45) is 9.61. The third-order valence-corrected chi connectivity index (χ3v) is 8.14. The molecule has 0 heterocycles. The topological polar surface area (TPSA) is 57.5 Å². The first kappa shape index (κ1) is 15.6. The zero-order valence-electron chi connectivity index (χ0n) is 14.4. The number of aliphatic hydroxyl groups excluding tert-OH is 1. The number of aliphatic hydroxyl groups is 2. The molecule has 23 heavy (non-hydrogen) atoms. The van der Waals surface area contributed by atoms with Crippen LogP contribution in [-0.4, -0.2) is 27.7 Å². The van der Waals surface area contributed by atoms with Gasteiger partial charge in [0.2, 0.25) is 0 Å². The number of ketones is 1. The predicted octanol–water partition coefficient (Wildman–Crippen LogP) is 3.02. The lowest BCUT2D eigenvalue weighted by Gasteiger charge is -2.58. The molecule has 2 N–H and O–H groups in total. The van der Waals surface area contributed by atoms with Gasteiger partial charge in [0.15, 0.2) is 5.78 Å². The molecule has 0 saturated heterocycles. The van der Waals surface area contributed by atoms with Gasteiger partial charge in [-0.3, -0.25) is 4.79 Å². The number of rotatable bonds is 0. The molecule has 0 spiro atoms. The van der Waals surface area contributed by atoms with E-state index in [-0.39, 0.29) is 16.6 Å². The molecule has 3 fully saturated rings. The monoisotopic (exact) mass is 316 g/mol. The molecule has 0 aromatic carbocycles. The van der Waals surface area contributed by atoms with Gasteiger partial charge in [-0.15, -0.1) is 0 Å². The summed E-state index contributed by atoms with van der Waals surface area (Å²) in [5, 5.41) is 21.6. The number of carbonyl (C=O) groups is 1. The second-order valence-electron chi connectivity index (χ2n) is 9.02. The fourth-order valence-corrected chi connectivity index (χ4v) is 6.49. The van der Waals surface area contributed by atoms with Crippen LogP contribution in [0, 0.1) is 28.6 Å². The van der Waals surface area contributed by atoms with Gasteiger partial charge in [0.1, 0.15) is 0 Å². The second kappa shape index (κ2) is 4.58. The van der Waals surface area contributed by atoms with Crippen molar-refractivity contribution in [3.05, 3.63) is 23.8 Å². The largest absolute Gasteiger partial charge is 0.390 e. The van der Waals surface area contributed by atoms with Crippen molar-refractivity contribution in [2.75, 3.05) is 0 Å². The van der Waals surface area contributed by atoms with Crippen LogP contribution in [0.15, 0.2) is 23.8 Å². The highest BCUT2D eigenvalue weighted by Crippen LogP contribution is 2.66. The molecule has 126 valence electrons. The minimum atomic E-state index is -0.594. The molecule has 4 rings (SSSR count). The van der Waals surface area contributed by atoms with Gasteiger partial charge in [0.05, 0.1) is 11.7 Å². The van der Waals surface area contributed by atoms with E-state index in [0.29, 0.717) is 17.8 Å². The van der Waals surface area contributed by atoms with Gasteiger partial charge in [0.25, 0.3) is 0 Å². The van der Waals surface area contributed by atoms with Crippen LogP contribution in [0.5, 0.6) is 0 Å². The smallest absolute Gasteiger partial charge is 0.178 e. The molecular weight excluding hydrogens is 288 g/mol. The molecule has 0 aromatic rings. The van der Waals surface area contributed by atoms with Crippen LogP contribution in [0.4, 0.5) is 0 Å². The van der Waals surface area contributed by atoms with E-state index < -0.39 is 11.7 Å². The van der Waals surface area contributed by atoms with Crippen LogP contribution in [0.2, 0.25) is 0 Å². The van der Waals surface area contributed by atoms with Gasteiger partial charge < -0.3 is 10.2 Å². The maximum Gasteiger partial charge on any atom is 0.178 e. The number of fused-ring (bicyclic) bond motifs is 5. The predicted molar refractivity (Wildman–Crippen MR) is 88.6 cm³/mol. The molecule has 0 aromatic heterocycles. The van der Waals surface area contributed by atoms with E-state index in [9.17, 15) is 15.0 Å². The Bertz CT molecular complexity index is 616. The van der Waals surface area contributed by atoms with Crippen molar-refractivity contribution in [3.8, 4) is 0 Å². The summed E-state index contributed by atoms with van der Waals surface area (Å²) >= 11 is 0. The molecule has 0 amide bonds. The maximum atomic E-state index is 11.8. The van der Waals surface area contributed by atoms with Crippen LogP contribution >= 0.6 is 0 Å². The standard InChI is InChI=1S/C20H28O3/c1-18-7-4-12(21)10-16(18)17(22)11-13-14(18)5-8-19(2)15(13)6-9-20(19,3)23/h4,7,10,13-15,17,22-23H,5-6,8-9,11H2,1-3H3/t13-,14+,15+,17?,18-,19+,20+/m1/s1. The third kappa shape index (κ3) is 1.87. The van der Waals surface area contributed by atoms with Crippen molar-refractivity contribution in [2.45, 2.75) is 64.6 Å². The van der Waals surface area contributed by atoms with E-state index in [1.807, 2.05) is 13.0 Å². The second-order valence-corrected chi connectivity index (χ2v) is 9.02. The number of carbonyl (C=O) groups excluding carboxylic acids is 1. The first-order chi connectivity index (χ1) is 10.7. The van der Waals surface area contributed by atoms with Crippen molar-refractivity contribution in [2.24, 2.45) is 28.6 Å². The zero-order chi connectivity index (χ0) is 16.6. The van der Waals surface area contributed by atoms with E-state index in [0.717, 1.165) is 37.7 Å². The maximum absolute atomic E-state index is 11.8. The van der Waals surface area contributed by atoms with Crippen LogP contribution in [-0.2, 0) is 4.79 Å². The summed E-state index contributed by atoms with van der Waals surface area (Å²) in [6.45, 7) is 6.44. The lowest BCUT2D eigenvalue weighted by molar-refractivity contribution is -0.122. The van der Waals surface area contributed by atoms with Gasteiger partial charge in [0, 0.05) is 5.41 Å². The number of hydrogen-bond donors (Lipinski definition) is 2. The molecule has 4 aliphatic rings. The highest BCUT2D eigenvalue weighted by atomic mass is 16.3. The van der Waals surface area contributed by atoms with Crippen LogP contribution < -0.4 is 0 Å². The Labute approximate surface area is 138 Å². The molecule has 1 unspecified atom stereocenters. The molecule has 4 aliphatic carbocycles. The van der Waals surface area contributed by atoms with Gasteiger partial charge >= 0.3 is 0 Å². The van der Waals surface area contributed by atoms with E-state index >= 15 is 0 Å². The molecular formula is C20H28O3. The van der Waals surface area contributed by atoms with Crippen molar-refractivity contribution >= 4 is 5.78 Å². The molecule has 0 radical (unpaired) electrons. The Kier molecular flexibility index (Phi) is 3.10. The summed E-state index contributed by atoms with van der Waals surface area (Å²) in [5.74, 6) is 1.36.